The lowest BCUT2D eigenvalue weighted by atomic mass is 10.1. The largest absolute Gasteiger partial charge is 0.508 e. The first-order chi connectivity index (χ1) is 13.0. The van der Waals surface area contributed by atoms with E-state index in [1.165, 1.54) is 0 Å². The standard InChI is InChI=1S/C20H24N4O3/c1-14(12-15-6-2-3-7-17(15)25)22-19(26)20(27)23-16-9-11-24(13-16)18-8-4-5-10-21-18/h2-8,10,14,16,25H,9,11-13H2,1H3,(H,22,26)(H,23,27). The highest BCUT2D eigenvalue weighted by molar-refractivity contribution is 6.35. The van der Waals surface area contributed by atoms with Crippen molar-refractivity contribution in [2.45, 2.75) is 31.8 Å². The molecule has 142 valence electrons. The Morgan fingerprint density at radius 3 is 2.74 bits per heavy atom. The summed E-state index contributed by atoms with van der Waals surface area (Å²) in [5.74, 6) is -0.236. The molecule has 1 aliphatic rings. The van der Waals surface area contributed by atoms with Crippen LogP contribution in [0.15, 0.2) is 48.7 Å². The molecule has 0 radical (unpaired) electrons. The van der Waals surface area contributed by atoms with Crippen LogP contribution in [0.2, 0.25) is 0 Å². The number of pyridine rings is 1. The van der Waals surface area contributed by atoms with Crippen LogP contribution in [0.25, 0.3) is 0 Å². The Bertz CT molecular complexity index is 797. The van der Waals surface area contributed by atoms with Crippen LogP contribution in [0.1, 0.15) is 18.9 Å². The molecule has 3 N–H and O–H groups in total. The molecule has 7 nitrogen and oxygen atoms in total. The van der Waals surface area contributed by atoms with Gasteiger partial charge in [-0.3, -0.25) is 9.59 Å². The van der Waals surface area contributed by atoms with Gasteiger partial charge in [-0.25, -0.2) is 4.98 Å². The highest BCUT2D eigenvalue weighted by Gasteiger charge is 2.27. The maximum absolute atomic E-state index is 12.2. The van der Waals surface area contributed by atoms with Gasteiger partial charge < -0.3 is 20.6 Å². The number of nitrogens with zero attached hydrogens (tertiary/aromatic N) is 2. The van der Waals surface area contributed by atoms with Crippen molar-refractivity contribution in [2.75, 3.05) is 18.0 Å². The molecule has 2 atom stereocenters. The van der Waals surface area contributed by atoms with Gasteiger partial charge >= 0.3 is 11.8 Å². The number of amides is 2. The molecule has 2 heterocycles. The Morgan fingerprint density at radius 2 is 2.00 bits per heavy atom. The van der Waals surface area contributed by atoms with Gasteiger partial charge in [-0.2, -0.15) is 0 Å². The summed E-state index contributed by atoms with van der Waals surface area (Å²) in [6, 6.07) is 12.3. The minimum Gasteiger partial charge on any atom is -0.508 e. The molecule has 27 heavy (non-hydrogen) atoms. The highest BCUT2D eigenvalue weighted by Crippen LogP contribution is 2.18. The first-order valence-corrected chi connectivity index (χ1v) is 9.07. The number of aromatic hydroxyl groups is 1. The number of hydrogen-bond donors (Lipinski definition) is 3. The minimum absolute atomic E-state index is 0.0845. The lowest BCUT2D eigenvalue weighted by Gasteiger charge is -2.18. The number of benzene rings is 1. The molecule has 0 bridgehead atoms. The van der Waals surface area contributed by atoms with E-state index < -0.39 is 11.8 Å². The molecule has 0 aliphatic carbocycles. The van der Waals surface area contributed by atoms with Gasteiger partial charge in [-0.1, -0.05) is 24.3 Å². The number of aromatic nitrogens is 1. The third-order valence-electron chi connectivity index (χ3n) is 4.60. The van der Waals surface area contributed by atoms with Gasteiger partial charge in [0.15, 0.2) is 0 Å². The summed E-state index contributed by atoms with van der Waals surface area (Å²) in [6.45, 7) is 3.22. The lowest BCUT2D eigenvalue weighted by molar-refractivity contribution is -0.139. The molecule has 1 fully saturated rings. The van der Waals surface area contributed by atoms with E-state index in [1.807, 2.05) is 24.3 Å². The predicted octanol–water partition coefficient (Wildman–Crippen LogP) is 1.23. The number of carbonyl (C=O) groups excluding carboxylic acids is 2. The van der Waals surface area contributed by atoms with E-state index in [2.05, 4.69) is 20.5 Å². The van der Waals surface area contributed by atoms with Crippen molar-refractivity contribution in [3.63, 3.8) is 0 Å². The SMILES string of the molecule is CC(Cc1ccccc1O)NC(=O)C(=O)NC1CCN(c2ccccn2)C1. The van der Waals surface area contributed by atoms with Crippen LogP contribution in [0.3, 0.4) is 0 Å². The summed E-state index contributed by atoms with van der Waals surface area (Å²) in [7, 11) is 0. The Kier molecular flexibility index (Phi) is 5.90. The lowest BCUT2D eigenvalue weighted by Crippen LogP contribution is -2.48. The van der Waals surface area contributed by atoms with Crippen molar-refractivity contribution in [2.24, 2.45) is 0 Å². The normalized spacial score (nSPS) is 17.4. The van der Waals surface area contributed by atoms with E-state index in [0.717, 1.165) is 24.3 Å². The number of para-hydroxylation sites is 1. The average molecular weight is 368 g/mol. The molecule has 7 heteroatoms. The maximum Gasteiger partial charge on any atom is 0.309 e. The molecule has 1 aromatic carbocycles. The third-order valence-corrected chi connectivity index (χ3v) is 4.60. The van der Waals surface area contributed by atoms with Gasteiger partial charge in [-0.05, 0) is 43.5 Å². The average Bonchev–Trinajstić information content (AvgIpc) is 3.13. The minimum atomic E-state index is -0.658. The fourth-order valence-corrected chi connectivity index (χ4v) is 3.23. The zero-order valence-electron chi connectivity index (χ0n) is 15.3. The predicted molar refractivity (Wildman–Crippen MR) is 102 cm³/mol. The van der Waals surface area contributed by atoms with E-state index in [4.69, 9.17) is 0 Å². The Hall–Kier alpha value is -3.09. The number of phenolic OH excluding ortho intramolecular Hbond substituents is 1. The van der Waals surface area contributed by atoms with E-state index in [0.29, 0.717) is 13.0 Å². The third kappa shape index (κ3) is 4.97. The van der Waals surface area contributed by atoms with Gasteiger partial charge in [0, 0.05) is 31.4 Å². The zero-order valence-corrected chi connectivity index (χ0v) is 15.3. The van der Waals surface area contributed by atoms with E-state index in [9.17, 15) is 14.7 Å². The number of hydrogen-bond acceptors (Lipinski definition) is 5. The van der Waals surface area contributed by atoms with Gasteiger partial charge in [0.1, 0.15) is 11.6 Å². The van der Waals surface area contributed by atoms with E-state index in [-0.39, 0.29) is 17.8 Å². The molecule has 2 amide bonds. The second-order valence-electron chi connectivity index (χ2n) is 6.80. The molecule has 2 unspecified atom stereocenters. The van der Waals surface area contributed by atoms with Crippen molar-refractivity contribution in [1.82, 2.24) is 15.6 Å². The monoisotopic (exact) mass is 368 g/mol. The summed E-state index contributed by atoms with van der Waals surface area (Å²) in [5, 5.41) is 15.3. The molecule has 1 saturated heterocycles. The molecule has 1 aromatic heterocycles. The fraction of sp³-hybridized carbons (Fsp3) is 0.350. The molecule has 0 spiro atoms. The summed E-state index contributed by atoms with van der Waals surface area (Å²) >= 11 is 0. The number of phenols is 1. The van der Waals surface area contributed by atoms with Gasteiger partial charge in [0.2, 0.25) is 0 Å². The summed E-state index contributed by atoms with van der Waals surface area (Å²) < 4.78 is 0. The molecular formula is C20H24N4O3. The fourth-order valence-electron chi connectivity index (χ4n) is 3.23. The topological polar surface area (TPSA) is 94.6 Å². The van der Waals surface area contributed by atoms with Crippen molar-refractivity contribution in [1.29, 1.82) is 0 Å². The summed E-state index contributed by atoms with van der Waals surface area (Å²) in [4.78, 5) is 30.7. The Labute approximate surface area is 158 Å². The second kappa shape index (κ2) is 8.53. The van der Waals surface area contributed by atoms with Crippen LogP contribution in [-0.2, 0) is 16.0 Å². The summed E-state index contributed by atoms with van der Waals surface area (Å²) in [6.07, 6.45) is 2.95. The highest BCUT2D eigenvalue weighted by atomic mass is 16.3. The van der Waals surface area contributed by atoms with Crippen molar-refractivity contribution >= 4 is 17.6 Å². The van der Waals surface area contributed by atoms with Crippen LogP contribution in [0.5, 0.6) is 5.75 Å². The number of rotatable bonds is 5. The van der Waals surface area contributed by atoms with Crippen LogP contribution in [0, 0.1) is 0 Å². The molecule has 2 aromatic rings. The van der Waals surface area contributed by atoms with Crippen molar-refractivity contribution < 1.29 is 14.7 Å². The molecule has 0 saturated carbocycles. The van der Waals surface area contributed by atoms with Crippen molar-refractivity contribution in [3.8, 4) is 5.75 Å². The first-order valence-electron chi connectivity index (χ1n) is 9.07. The molecule has 1 aliphatic heterocycles. The van der Waals surface area contributed by atoms with Gasteiger partial charge in [0.25, 0.3) is 0 Å². The Balaban J connectivity index is 1.47. The van der Waals surface area contributed by atoms with E-state index >= 15 is 0 Å². The smallest absolute Gasteiger partial charge is 0.309 e. The maximum atomic E-state index is 12.2. The van der Waals surface area contributed by atoms with Crippen LogP contribution < -0.4 is 15.5 Å². The molecular weight excluding hydrogens is 344 g/mol. The number of nitrogens with one attached hydrogen (secondary N) is 2. The van der Waals surface area contributed by atoms with E-state index in [1.54, 1.807) is 31.3 Å². The van der Waals surface area contributed by atoms with Crippen molar-refractivity contribution in [3.05, 3.63) is 54.2 Å². The second-order valence-corrected chi connectivity index (χ2v) is 6.80. The van der Waals surface area contributed by atoms with Crippen LogP contribution in [-0.4, -0.2) is 47.1 Å². The quantitative estimate of drug-likeness (QED) is 0.690. The Morgan fingerprint density at radius 1 is 1.22 bits per heavy atom. The summed E-state index contributed by atoms with van der Waals surface area (Å²) in [5.41, 5.74) is 0.729. The number of anilines is 1. The van der Waals surface area contributed by atoms with Gasteiger partial charge in [0.05, 0.1) is 0 Å². The molecule has 3 rings (SSSR count). The first kappa shape index (κ1) is 18.7. The zero-order chi connectivity index (χ0) is 19.2. The van der Waals surface area contributed by atoms with Gasteiger partial charge in [-0.15, -0.1) is 0 Å². The van der Waals surface area contributed by atoms with Crippen LogP contribution >= 0.6 is 0 Å². The number of carbonyl (C=O) groups is 2. The van der Waals surface area contributed by atoms with Crippen LogP contribution in [0.4, 0.5) is 5.82 Å².